The molecule has 1 aliphatic rings. The van der Waals surface area contributed by atoms with Crippen LogP contribution in [0.1, 0.15) is 10.4 Å². The second-order valence-electron chi connectivity index (χ2n) is 5.96. The summed E-state index contributed by atoms with van der Waals surface area (Å²) in [6, 6.07) is 11.6. The van der Waals surface area contributed by atoms with Crippen LogP contribution in [-0.4, -0.2) is 39.3 Å². The maximum absolute atomic E-state index is 12.3. The maximum Gasteiger partial charge on any atom is 0.262 e. The van der Waals surface area contributed by atoms with Gasteiger partial charge in [-0.2, -0.15) is 5.26 Å². The summed E-state index contributed by atoms with van der Waals surface area (Å²) >= 11 is 1.56. The molecule has 6 nitrogen and oxygen atoms in total. The van der Waals surface area contributed by atoms with Crippen LogP contribution in [0.3, 0.4) is 0 Å². The third-order valence-corrected chi connectivity index (χ3v) is 5.14. The van der Waals surface area contributed by atoms with Crippen molar-refractivity contribution >= 4 is 29.0 Å². The molecule has 1 aliphatic heterocycles. The molecule has 0 bridgehead atoms. The predicted molar refractivity (Wildman–Crippen MR) is 106 cm³/mol. The highest BCUT2D eigenvalue weighted by atomic mass is 32.1. The monoisotopic (exact) mass is 383 g/mol. The van der Waals surface area contributed by atoms with Gasteiger partial charge in [0.05, 0.1) is 26.9 Å². The van der Waals surface area contributed by atoms with Crippen LogP contribution < -0.4 is 15.0 Å². The van der Waals surface area contributed by atoms with Gasteiger partial charge in [-0.15, -0.1) is 11.3 Å². The van der Waals surface area contributed by atoms with Crippen molar-refractivity contribution in [1.82, 2.24) is 5.32 Å². The van der Waals surface area contributed by atoms with E-state index in [2.05, 4.69) is 10.2 Å². The first-order valence-corrected chi connectivity index (χ1v) is 9.52. The summed E-state index contributed by atoms with van der Waals surface area (Å²) in [7, 11) is 1.58. The van der Waals surface area contributed by atoms with Crippen molar-refractivity contribution < 1.29 is 14.3 Å². The predicted octanol–water partition coefficient (Wildman–Crippen LogP) is 2.82. The Labute approximate surface area is 162 Å². The van der Waals surface area contributed by atoms with Crippen LogP contribution in [0.15, 0.2) is 41.3 Å². The number of ether oxygens (including phenoxy) is 2. The number of carbonyl (C=O) groups excluding carboxylic acids is 1. The molecule has 1 aromatic carbocycles. The number of amides is 1. The largest absolute Gasteiger partial charge is 0.496 e. The van der Waals surface area contributed by atoms with E-state index in [1.54, 1.807) is 24.5 Å². The molecule has 1 amide bonds. The van der Waals surface area contributed by atoms with Crippen molar-refractivity contribution in [1.29, 1.82) is 5.26 Å². The smallest absolute Gasteiger partial charge is 0.262 e. The number of carbonyl (C=O) groups is 1. The number of thiophene rings is 1. The van der Waals surface area contributed by atoms with E-state index in [0.717, 1.165) is 23.7 Å². The summed E-state index contributed by atoms with van der Waals surface area (Å²) < 4.78 is 10.9. The molecule has 27 heavy (non-hydrogen) atoms. The Balaban J connectivity index is 1.76. The summed E-state index contributed by atoms with van der Waals surface area (Å²) in [5, 5.41) is 14.1. The van der Waals surface area contributed by atoms with Crippen molar-refractivity contribution in [2.75, 3.05) is 38.3 Å². The minimum Gasteiger partial charge on any atom is -0.496 e. The number of nitrogens with one attached hydrogen (secondary N) is 1. The van der Waals surface area contributed by atoms with E-state index in [1.807, 2.05) is 41.8 Å². The van der Waals surface area contributed by atoms with Crippen molar-refractivity contribution in [3.63, 3.8) is 0 Å². The van der Waals surface area contributed by atoms with Crippen LogP contribution in [0.4, 0.5) is 5.69 Å². The van der Waals surface area contributed by atoms with E-state index in [0.29, 0.717) is 31.1 Å². The zero-order chi connectivity index (χ0) is 19.1. The van der Waals surface area contributed by atoms with E-state index in [9.17, 15) is 10.1 Å². The van der Waals surface area contributed by atoms with Crippen LogP contribution in [0.25, 0.3) is 6.08 Å². The summed E-state index contributed by atoms with van der Waals surface area (Å²) in [6.45, 7) is 3.46. The van der Waals surface area contributed by atoms with E-state index in [4.69, 9.17) is 9.47 Å². The molecule has 1 fully saturated rings. The lowest BCUT2D eigenvalue weighted by Gasteiger charge is -2.29. The summed E-state index contributed by atoms with van der Waals surface area (Å²) in [6.07, 6.45) is 1.56. The fraction of sp³-hybridized carbons (Fsp3) is 0.300. The molecule has 140 valence electrons. The number of rotatable bonds is 6. The molecule has 7 heteroatoms. The lowest BCUT2D eigenvalue weighted by molar-refractivity contribution is -0.117. The molecular formula is C20H21N3O3S. The average Bonchev–Trinajstić information content (AvgIpc) is 3.24. The third kappa shape index (κ3) is 4.88. The molecule has 3 rings (SSSR count). The van der Waals surface area contributed by atoms with Gasteiger partial charge in [-0.25, -0.2) is 0 Å². The second-order valence-corrected chi connectivity index (χ2v) is 6.99. The topological polar surface area (TPSA) is 74.6 Å². The molecule has 0 aliphatic carbocycles. The van der Waals surface area contributed by atoms with Crippen LogP contribution in [0.5, 0.6) is 5.75 Å². The fourth-order valence-electron chi connectivity index (χ4n) is 2.82. The zero-order valence-corrected chi connectivity index (χ0v) is 15.9. The molecule has 1 N–H and O–H groups in total. The van der Waals surface area contributed by atoms with Crippen molar-refractivity contribution in [2.45, 2.75) is 6.54 Å². The Kier molecular flexibility index (Phi) is 6.47. The highest BCUT2D eigenvalue weighted by Crippen LogP contribution is 2.28. The molecule has 2 aromatic rings. The first-order valence-electron chi connectivity index (χ1n) is 8.64. The number of nitrogens with zero attached hydrogens (tertiary/aromatic N) is 2. The molecule has 1 aromatic heterocycles. The van der Waals surface area contributed by atoms with Gasteiger partial charge in [-0.3, -0.25) is 4.79 Å². The third-order valence-electron chi connectivity index (χ3n) is 4.26. The van der Waals surface area contributed by atoms with E-state index < -0.39 is 5.91 Å². The van der Waals surface area contributed by atoms with Gasteiger partial charge in [-0.1, -0.05) is 6.07 Å². The average molecular weight is 383 g/mol. The summed E-state index contributed by atoms with van der Waals surface area (Å²) in [5.74, 6) is 0.225. The van der Waals surface area contributed by atoms with Gasteiger partial charge in [0.15, 0.2) is 0 Å². The Bertz CT molecular complexity index is 850. The van der Waals surface area contributed by atoms with Gasteiger partial charge in [0, 0.05) is 35.3 Å². The van der Waals surface area contributed by atoms with Gasteiger partial charge in [0.1, 0.15) is 17.4 Å². The highest BCUT2D eigenvalue weighted by Gasteiger charge is 2.15. The molecule has 0 saturated carbocycles. The number of morpholine rings is 1. The number of hydrogen-bond donors (Lipinski definition) is 1. The SMILES string of the molecule is COc1cc(N2CCOCC2)ccc1C=C(C#N)C(=O)NCc1cccs1. The molecule has 0 atom stereocenters. The van der Waals surface area contributed by atoms with E-state index in [1.165, 1.54) is 0 Å². The van der Waals surface area contributed by atoms with Crippen LogP contribution >= 0.6 is 11.3 Å². The van der Waals surface area contributed by atoms with Gasteiger partial charge in [0.25, 0.3) is 5.91 Å². The maximum atomic E-state index is 12.3. The lowest BCUT2D eigenvalue weighted by Crippen LogP contribution is -2.36. The molecule has 2 heterocycles. The molecule has 0 unspecified atom stereocenters. The first-order chi connectivity index (χ1) is 13.2. The molecule has 1 saturated heterocycles. The van der Waals surface area contributed by atoms with Crippen molar-refractivity contribution in [3.8, 4) is 11.8 Å². The van der Waals surface area contributed by atoms with Gasteiger partial charge in [0.2, 0.25) is 0 Å². The number of benzene rings is 1. The lowest BCUT2D eigenvalue weighted by atomic mass is 10.1. The number of nitriles is 1. The first kappa shape index (κ1) is 19.0. The molecule has 0 radical (unpaired) electrons. The summed E-state index contributed by atoms with van der Waals surface area (Å²) in [4.78, 5) is 15.6. The van der Waals surface area contributed by atoms with Gasteiger partial charge in [-0.05, 0) is 29.7 Å². The normalized spacial score (nSPS) is 14.5. The molecular weight excluding hydrogens is 362 g/mol. The van der Waals surface area contributed by atoms with Crippen LogP contribution in [-0.2, 0) is 16.1 Å². The Morgan fingerprint density at radius 1 is 1.41 bits per heavy atom. The number of hydrogen-bond acceptors (Lipinski definition) is 6. The highest BCUT2D eigenvalue weighted by molar-refractivity contribution is 7.09. The van der Waals surface area contributed by atoms with Crippen LogP contribution in [0.2, 0.25) is 0 Å². The Morgan fingerprint density at radius 2 is 2.22 bits per heavy atom. The standard InChI is InChI=1S/C20H21N3O3S/c1-25-19-12-17(23-6-8-26-9-7-23)5-4-15(19)11-16(13-21)20(24)22-14-18-3-2-10-27-18/h2-5,10-12H,6-9,14H2,1H3,(H,22,24). The van der Waals surface area contributed by atoms with E-state index >= 15 is 0 Å². The van der Waals surface area contributed by atoms with Crippen LogP contribution in [0, 0.1) is 11.3 Å². The minimum atomic E-state index is -0.398. The van der Waals surface area contributed by atoms with Gasteiger partial charge >= 0.3 is 0 Å². The Hall–Kier alpha value is -2.82. The zero-order valence-electron chi connectivity index (χ0n) is 15.1. The quantitative estimate of drug-likeness (QED) is 0.613. The number of anilines is 1. The number of methoxy groups -OCH3 is 1. The minimum absolute atomic E-state index is 0.0454. The van der Waals surface area contributed by atoms with Gasteiger partial charge < -0.3 is 19.7 Å². The summed E-state index contributed by atoms with van der Waals surface area (Å²) in [5.41, 5.74) is 1.77. The van der Waals surface area contributed by atoms with Crippen molar-refractivity contribution in [3.05, 3.63) is 51.7 Å². The van der Waals surface area contributed by atoms with E-state index in [-0.39, 0.29) is 5.57 Å². The fourth-order valence-corrected chi connectivity index (χ4v) is 3.46. The Morgan fingerprint density at radius 3 is 2.89 bits per heavy atom. The molecule has 0 spiro atoms. The second kappa shape index (κ2) is 9.21. The van der Waals surface area contributed by atoms with Crippen molar-refractivity contribution in [2.24, 2.45) is 0 Å².